The minimum Gasteiger partial charge on any atom is -0.492 e. The standard InChI is InChI=1S/C31H33N3O8/c1-19-14-26(39-13-12-32-28(36)18-40-22(4)35)15-20(2)29(19)27-7-5-6-24(21(27)3)17-41-25-10-8-23(9-11-25)16-34-30(37)33-31(38)42-34/h5-11,14-15H,12-13,16-18H2,1-4H3,(H,32,36)(H,33,37,38). The summed E-state index contributed by atoms with van der Waals surface area (Å²) in [6, 6.07) is 17.3. The van der Waals surface area contributed by atoms with Gasteiger partial charge in [0.05, 0.1) is 13.1 Å². The van der Waals surface area contributed by atoms with Gasteiger partial charge in [0.15, 0.2) is 6.61 Å². The van der Waals surface area contributed by atoms with Crippen LogP contribution in [-0.2, 0) is 27.5 Å². The molecule has 2 N–H and O–H groups in total. The lowest BCUT2D eigenvalue weighted by atomic mass is 9.90. The third-order valence-corrected chi connectivity index (χ3v) is 6.59. The molecule has 4 aromatic rings. The quantitative estimate of drug-likeness (QED) is 0.193. The van der Waals surface area contributed by atoms with Gasteiger partial charge in [-0.15, -0.1) is 4.74 Å². The van der Waals surface area contributed by atoms with Gasteiger partial charge in [-0.05, 0) is 84.0 Å². The molecule has 0 bridgehead atoms. The highest BCUT2D eigenvalue weighted by atomic mass is 16.5. The largest absolute Gasteiger partial charge is 0.492 e. The van der Waals surface area contributed by atoms with Crippen molar-refractivity contribution in [2.24, 2.45) is 0 Å². The first kappa shape index (κ1) is 29.9. The van der Waals surface area contributed by atoms with E-state index < -0.39 is 17.4 Å². The van der Waals surface area contributed by atoms with Crippen molar-refractivity contribution in [2.75, 3.05) is 19.8 Å². The van der Waals surface area contributed by atoms with Gasteiger partial charge in [-0.25, -0.2) is 14.6 Å². The monoisotopic (exact) mass is 575 g/mol. The maximum Gasteiger partial charge on any atom is 0.440 e. The van der Waals surface area contributed by atoms with Crippen molar-refractivity contribution >= 4 is 11.9 Å². The average molecular weight is 576 g/mol. The smallest absolute Gasteiger partial charge is 0.440 e. The Morgan fingerprint density at radius 2 is 1.67 bits per heavy atom. The van der Waals surface area contributed by atoms with Crippen molar-refractivity contribution in [3.05, 3.63) is 103 Å². The van der Waals surface area contributed by atoms with Crippen LogP contribution in [0, 0.1) is 20.8 Å². The van der Waals surface area contributed by atoms with Crippen LogP contribution in [0.1, 0.15) is 34.7 Å². The molecule has 0 radical (unpaired) electrons. The zero-order chi connectivity index (χ0) is 30.2. The number of aromatic amines is 1. The molecular formula is C31H33N3O8. The van der Waals surface area contributed by atoms with Gasteiger partial charge < -0.3 is 24.1 Å². The number of carbonyl (C=O) groups excluding carboxylic acids is 2. The second-order valence-corrected chi connectivity index (χ2v) is 9.78. The van der Waals surface area contributed by atoms with Crippen LogP contribution < -0.4 is 26.2 Å². The van der Waals surface area contributed by atoms with Crippen LogP contribution in [-0.4, -0.2) is 41.4 Å². The SMILES string of the molecule is CC(=O)OCC(=O)NCCOc1cc(C)c(-c2cccc(COc3ccc(Cn4oc(=O)[nH]c4=O)cc3)c2C)c(C)c1. The zero-order valence-corrected chi connectivity index (χ0v) is 23.9. The van der Waals surface area contributed by atoms with Crippen LogP contribution >= 0.6 is 0 Å². The van der Waals surface area contributed by atoms with Crippen LogP contribution in [0.3, 0.4) is 0 Å². The van der Waals surface area contributed by atoms with E-state index in [0.29, 0.717) is 18.1 Å². The molecule has 1 aromatic heterocycles. The summed E-state index contributed by atoms with van der Waals surface area (Å²) in [5.41, 5.74) is 6.66. The van der Waals surface area contributed by atoms with Crippen LogP contribution in [0.4, 0.5) is 0 Å². The number of rotatable bonds is 12. The fourth-order valence-electron chi connectivity index (χ4n) is 4.56. The molecule has 0 aliphatic rings. The summed E-state index contributed by atoms with van der Waals surface area (Å²) in [6.07, 6.45) is 0. The van der Waals surface area contributed by atoms with Gasteiger partial charge in [0.1, 0.15) is 24.7 Å². The molecule has 0 fully saturated rings. The van der Waals surface area contributed by atoms with E-state index in [0.717, 1.165) is 43.7 Å². The number of esters is 1. The molecule has 11 nitrogen and oxygen atoms in total. The first-order valence-corrected chi connectivity index (χ1v) is 13.4. The normalized spacial score (nSPS) is 10.8. The first-order valence-electron chi connectivity index (χ1n) is 13.4. The molecule has 1 amide bonds. The summed E-state index contributed by atoms with van der Waals surface area (Å²) in [4.78, 5) is 47.4. The summed E-state index contributed by atoms with van der Waals surface area (Å²) in [7, 11) is 0. The van der Waals surface area contributed by atoms with E-state index in [-0.39, 0.29) is 32.2 Å². The summed E-state index contributed by atoms with van der Waals surface area (Å²) >= 11 is 0. The molecule has 0 aliphatic carbocycles. The molecule has 4 rings (SSSR count). The predicted octanol–water partition coefficient (Wildman–Crippen LogP) is 3.41. The molecule has 0 aliphatic heterocycles. The molecule has 0 saturated heterocycles. The molecular weight excluding hydrogens is 542 g/mol. The summed E-state index contributed by atoms with van der Waals surface area (Å²) in [5.74, 6) is -0.302. The Morgan fingerprint density at radius 1 is 0.952 bits per heavy atom. The highest BCUT2D eigenvalue weighted by Crippen LogP contribution is 2.34. The van der Waals surface area contributed by atoms with Crippen LogP contribution in [0.2, 0.25) is 0 Å². The number of nitrogens with one attached hydrogen (secondary N) is 2. The number of H-pyrrole nitrogens is 1. The highest BCUT2D eigenvalue weighted by Gasteiger charge is 2.14. The zero-order valence-electron chi connectivity index (χ0n) is 23.9. The van der Waals surface area contributed by atoms with Gasteiger partial charge in [0, 0.05) is 6.92 Å². The van der Waals surface area contributed by atoms with Gasteiger partial charge in [-0.2, -0.15) is 0 Å². The number of carbonyl (C=O) groups is 2. The lowest BCUT2D eigenvalue weighted by Gasteiger charge is -2.18. The van der Waals surface area contributed by atoms with E-state index in [4.69, 9.17) is 14.0 Å². The molecule has 0 unspecified atom stereocenters. The topological polar surface area (TPSA) is 142 Å². The highest BCUT2D eigenvalue weighted by molar-refractivity contribution is 5.79. The maximum absolute atomic E-state index is 11.7. The minimum atomic E-state index is -0.788. The molecule has 220 valence electrons. The molecule has 42 heavy (non-hydrogen) atoms. The molecule has 1 heterocycles. The second kappa shape index (κ2) is 13.5. The third-order valence-electron chi connectivity index (χ3n) is 6.59. The predicted molar refractivity (Wildman–Crippen MR) is 155 cm³/mol. The number of hydrogen-bond acceptors (Lipinski definition) is 8. The van der Waals surface area contributed by atoms with Gasteiger partial charge in [-0.1, -0.05) is 30.3 Å². The van der Waals surface area contributed by atoms with Crippen molar-refractivity contribution < 1.29 is 28.3 Å². The van der Waals surface area contributed by atoms with Crippen LogP contribution in [0.5, 0.6) is 11.5 Å². The number of benzene rings is 3. The van der Waals surface area contributed by atoms with Crippen molar-refractivity contribution in [3.8, 4) is 22.6 Å². The van der Waals surface area contributed by atoms with Gasteiger partial charge in [0.2, 0.25) is 0 Å². The number of hydrogen-bond donors (Lipinski definition) is 2. The van der Waals surface area contributed by atoms with Gasteiger partial charge in [-0.3, -0.25) is 9.59 Å². The fraction of sp³-hybridized carbons (Fsp3) is 0.290. The van der Waals surface area contributed by atoms with Crippen molar-refractivity contribution in [1.82, 2.24) is 15.0 Å². The van der Waals surface area contributed by atoms with E-state index in [2.05, 4.69) is 28.0 Å². The number of ether oxygens (including phenoxy) is 3. The lowest BCUT2D eigenvalue weighted by molar-refractivity contribution is -0.146. The van der Waals surface area contributed by atoms with Gasteiger partial charge in [0.25, 0.3) is 5.91 Å². The van der Waals surface area contributed by atoms with Crippen molar-refractivity contribution in [2.45, 2.75) is 40.8 Å². The average Bonchev–Trinajstić information content (AvgIpc) is 3.26. The van der Waals surface area contributed by atoms with Crippen molar-refractivity contribution in [1.29, 1.82) is 0 Å². The third kappa shape index (κ3) is 7.78. The van der Waals surface area contributed by atoms with E-state index in [1.807, 2.05) is 62.4 Å². The Morgan fingerprint density at radius 3 is 2.31 bits per heavy atom. The number of amides is 1. The van der Waals surface area contributed by atoms with E-state index in [1.165, 1.54) is 6.92 Å². The Balaban J connectivity index is 1.37. The van der Waals surface area contributed by atoms with E-state index in [1.54, 1.807) is 0 Å². The summed E-state index contributed by atoms with van der Waals surface area (Å²) in [6.45, 7) is 8.15. The van der Waals surface area contributed by atoms with Crippen LogP contribution in [0.15, 0.2) is 68.7 Å². The lowest BCUT2D eigenvalue weighted by Crippen LogP contribution is -2.31. The van der Waals surface area contributed by atoms with E-state index in [9.17, 15) is 19.2 Å². The fourth-order valence-corrected chi connectivity index (χ4v) is 4.56. The first-order chi connectivity index (χ1) is 20.1. The summed E-state index contributed by atoms with van der Waals surface area (Å²) < 4.78 is 22.3. The Labute approximate surface area is 242 Å². The summed E-state index contributed by atoms with van der Waals surface area (Å²) in [5, 5.41) is 2.65. The van der Waals surface area contributed by atoms with Crippen LogP contribution in [0.25, 0.3) is 11.1 Å². The number of aromatic nitrogens is 2. The van der Waals surface area contributed by atoms with E-state index >= 15 is 0 Å². The molecule has 3 aromatic carbocycles. The molecule has 11 heteroatoms. The Bertz CT molecular complexity index is 1660. The Kier molecular flexibility index (Phi) is 9.64. The Hall–Kier alpha value is -5.06. The van der Waals surface area contributed by atoms with Gasteiger partial charge >= 0.3 is 17.4 Å². The van der Waals surface area contributed by atoms with Crippen molar-refractivity contribution in [3.63, 3.8) is 0 Å². The molecule has 0 spiro atoms. The molecule has 0 atom stereocenters. The number of aryl methyl sites for hydroxylation is 2. The molecule has 0 saturated carbocycles. The minimum absolute atomic E-state index is 0.135. The second-order valence-electron chi connectivity index (χ2n) is 9.78. The maximum atomic E-state index is 11.7. The number of nitrogens with zero attached hydrogens (tertiary/aromatic N) is 1.